The van der Waals surface area contributed by atoms with Gasteiger partial charge in [-0.05, 0) is 50.3 Å². The van der Waals surface area contributed by atoms with Gasteiger partial charge >= 0.3 is 0 Å². The minimum atomic E-state index is -1.69. The molecule has 1 atom stereocenters. The third-order valence-electron chi connectivity index (χ3n) is 7.06. The van der Waals surface area contributed by atoms with Gasteiger partial charge in [-0.25, -0.2) is 0 Å². The molecule has 2 rings (SSSR count). The van der Waals surface area contributed by atoms with E-state index in [0.29, 0.717) is 0 Å². The lowest BCUT2D eigenvalue weighted by molar-refractivity contribution is 0.834. The molecule has 24 heavy (non-hydrogen) atoms. The molecule has 1 aromatic rings. The Hall–Kier alpha value is -1.08. The van der Waals surface area contributed by atoms with Crippen LogP contribution in [0.5, 0.6) is 0 Å². The first-order chi connectivity index (χ1) is 11.3. The molecule has 0 N–H and O–H groups in total. The lowest BCUT2D eigenvalue weighted by Gasteiger charge is -2.46. The van der Waals surface area contributed by atoms with E-state index in [4.69, 9.17) is 0 Å². The standard InChI is InChI=1S/C23H36Si/c1-9-20-13-21(10-2)15-22(14-20)24(11-3,12-4)23(8)16-17(5)18(6)19(23)7/h13-16H,9-12H2,1-8H3. The van der Waals surface area contributed by atoms with Crippen molar-refractivity contribution < 1.29 is 0 Å². The van der Waals surface area contributed by atoms with Crippen LogP contribution in [0.15, 0.2) is 41.0 Å². The van der Waals surface area contributed by atoms with Gasteiger partial charge in [0, 0.05) is 5.04 Å². The van der Waals surface area contributed by atoms with E-state index in [1.807, 2.05) is 0 Å². The Kier molecular flexibility index (Phi) is 5.64. The molecule has 0 aliphatic heterocycles. The van der Waals surface area contributed by atoms with Crippen LogP contribution in [-0.4, -0.2) is 8.07 Å². The zero-order chi connectivity index (χ0) is 18.1. The zero-order valence-electron chi connectivity index (χ0n) is 17.1. The summed E-state index contributed by atoms with van der Waals surface area (Å²) in [7, 11) is -1.69. The van der Waals surface area contributed by atoms with Crippen molar-refractivity contribution in [2.45, 2.75) is 85.4 Å². The predicted octanol–water partition coefficient (Wildman–Crippen LogP) is 6.56. The summed E-state index contributed by atoms with van der Waals surface area (Å²) in [4.78, 5) is 0. The van der Waals surface area contributed by atoms with Gasteiger partial charge in [0.2, 0.25) is 0 Å². The van der Waals surface area contributed by atoms with Gasteiger partial charge in [0.1, 0.15) is 8.07 Å². The molecule has 0 heterocycles. The maximum atomic E-state index is 2.61. The second-order valence-corrected chi connectivity index (χ2v) is 13.0. The molecule has 0 saturated carbocycles. The molecule has 0 amide bonds. The molecule has 1 aliphatic carbocycles. The van der Waals surface area contributed by atoms with Gasteiger partial charge in [-0.1, -0.05) is 87.3 Å². The number of benzene rings is 1. The summed E-state index contributed by atoms with van der Waals surface area (Å²) in [6.45, 7) is 19.0. The molecule has 0 saturated heterocycles. The molecule has 1 unspecified atom stereocenters. The SMILES string of the molecule is CCc1cc(CC)cc([Si](CC)(CC)C2(C)C=C(C)C(C)=C2C)c1. The summed E-state index contributed by atoms with van der Waals surface area (Å²) in [6, 6.07) is 10.1. The van der Waals surface area contributed by atoms with E-state index in [1.54, 1.807) is 10.8 Å². The Morgan fingerprint density at radius 3 is 1.67 bits per heavy atom. The van der Waals surface area contributed by atoms with E-state index in [2.05, 4.69) is 79.7 Å². The number of hydrogen-bond acceptors (Lipinski definition) is 0. The highest BCUT2D eigenvalue weighted by molar-refractivity contribution is 6.95. The average molecular weight is 341 g/mol. The van der Waals surface area contributed by atoms with Crippen LogP contribution in [0, 0.1) is 0 Å². The van der Waals surface area contributed by atoms with E-state index in [1.165, 1.54) is 34.4 Å². The molecule has 0 spiro atoms. The average Bonchev–Trinajstić information content (AvgIpc) is 2.80. The van der Waals surface area contributed by atoms with Crippen molar-refractivity contribution in [1.29, 1.82) is 0 Å². The van der Waals surface area contributed by atoms with Crippen LogP contribution in [0.25, 0.3) is 0 Å². The fraction of sp³-hybridized carbons (Fsp3) is 0.565. The summed E-state index contributed by atoms with van der Waals surface area (Å²) < 4.78 is 0. The molecule has 1 aliphatic rings. The maximum Gasteiger partial charge on any atom is 0.100 e. The number of hydrogen-bond donors (Lipinski definition) is 0. The van der Waals surface area contributed by atoms with Crippen LogP contribution in [0.1, 0.15) is 66.5 Å². The molecular formula is C23H36Si. The monoisotopic (exact) mass is 340 g/mol. The summed E-state index contributed by atoms with van der Waals surface area (Å²) in [5.74, 6) is 0. The molecule has 1 aromatic carbocycles. The van der Waals surface area contributed by atoms with E-state index < -0.39 is 8.07 Å². The third kappa shape index (κ3) is 2.75. The fourth-order valence-electron chi connectivity index (χ4n) is 4.97. The molecule has 132 valence electrons. The molecule has 0 bridgehead atoms. The second kappa shape index (κ2) is 7.04. The molecule has 0 nitrogen and oxygen atoms in total. The summed E-state index contributed by atoms with van der Waals surface area (Å²) in [5.41, 5.74) is 7.68. The number of aryl methyl sites for hydroxylation is 2. The van der Waals surface area contributed by atoms with E-state index >= 15 is 0 Å². The first-order valence-electron chi connectivity index (χ1n) is 9.80. The highest BCUT2D eigenvalue weighted by Gasteiger charge is 2.51. The summed E-state index contributed by atoms with van der Waals surface area (Å²) >= 11 is 0. The van der Waals surface area contributed by atoms with Gasteiger partial charge in [0.25, 0.3) is 0 Å². The van der Waals surface area contributed by atoms with Crippen molar-refractivity contribution in [3.63, 3.8) is 0 Å². The van der Waals surface area contributed by atoms with Crippen LogP contribution >= 0.6 is 0 Å². The quantitative estimate of drug-likeness (QED) is 0.514. The van der Waals surface area contributed by atoms with Gasteiger partial charge in [-0.15, -0.1) is 0 Å². The van der Waals surface area contributed by atoms with E-state index in [0.717, 1.165) is 12.8 Å². The highest BCUT2D eigenvalue weighted by atomic mass is 28.3. The van der Waals surface area contributed by atoms with Gasteiger partial charge in [-0.2, -0.15) is 0 Å². The van der Waals surface area contributed by atoms with Crippen molar-refractivity contribution >= 4 is 13.3 Å². The van der Waals surface area contributed by atoms with Crippen molar-refractivity contribution in [2.75, 3.05) is 0 Å². The topological polar surface area (TPSA) is 0 Å². The van der Waals surface area contributed by atoms with Crippen molar-refractivity contribution in [3.05, 3.63) is 52.1 Å². The van der Waals surface area contributed by atoms with Crippen molar-refractivity contribution in [2.24, 2.45) is 0 Å². The highest BCUT2D eigenvalue weighted by Crippen LogP contribution is 2.55. The minimum absolute atomic E-state index is 0.252. The van der Waals surface area contributed by atoms with Crippen LogP contribution in [-0.2, 0) is 12.8 Å². The third-order valence-corrected chi connectivity index (χ3v) is 13.4. The first kappa shape index (κ1) is 19.2. The largest absolute Gasteiger partial charge is 0.100 e. The Labute approximate surface area is 151 Å². The fourth-order valence-corrected chi connectivity index (χ4v) is 10.7. The minimum Gasteiger partial charge on any atom is -0.0737 e. The van der Waals surface area contributed by atoms with Gasteiger partial charge < -0.3 is 0 Å². The van der Waals surface area contributed by atoms with Crippen molar-refractivity contribution in [3.8, 4) is 0 Å². The molecular weight excluding hydrogens is 304 g/mol. The molecule has 0 aromatic heterocycles. The number of rotatable bonds is 6. The van der Waals surface area contributed by atoms with Gasteiger partial charge in [-0.3, -0.25) is 0 Å². The maximum absolute atomic E-state index is 2.61. The van der Waals surface area contributed by atoms with Crippen LogP contribution in [0.4, 0.5) is 0 Å². The lowest BCUT2D eigenvalue weighted by atomic mass is 10.0. The Morgan fingerprint density at radius 1 is 0.833 bits per heavy atom. The Morgan fingerprint density at radius 2 is 1.33 bits per heavy atom. The van der Waals surface area contributed by atoms with Crippen LogP contribution in [0.2, 0.25) is 17.1 Å². The molecule has 0 fully saturated rings. The second-order valence-electron chi connectivity index (χ2n) is 7.81. The Bertz CT molecular complexity index is 651. The predicted molar refractivity (Wildman–Crippen MR) is 112 cm³/mol. The smallest absolute Gasteiger partial charge is 0.0737 e. The van der Waals surface area contributed by atoms with Gasteiger partial charge in [0.05, 0.1) is 0 Å². The van der Waals surface area contributed by atoms with E-state index in [9.17, 15) is 0 Å². The van der Waals surface area contributed by atoms with Crippen LogP contribution < -0.4 is 5.19 Å². The van der Waals surface area contributed by atoms with Crippen molar-refractivity contribution in [1.82, 2.24) is 0 Å². The van der Waals surface area contributed by atoms with Gasteiger partial charge in [0.15, 0.2) is 0 Å². The zero-order valence-corrected chi connectivity index (χ0v) is 18.1. The number of allylic oxidation sites excluding steroid dienone is 4. The Balaban J connectivity index is 2.74. The van der Waals surface area contributed by atoms with E-state index in [-0.39, 0.29) is 5.04 Å². The normalized spacial score (nSPS) is 21.4. The van der Waals surface area contributed by atoms with Crippen LogP contribution in [0.3, 0.4) is 0 Å². The molecule has 0 radical (unpaired) electrons. The first-order valence-corrected chi connectivity index (χ1v) is 12.2. The lowest BCUT2D eigenvalue weighted by Crippen LogP contribution is -2.55. The molecule has 1 heteroatoms. The summed E-state index contributed by atoms with van der Waals surface area (Å²) in [6.07, 6.45) is 4.89. The summed E-state index contributed by atoms with van der Waals surface area (Å²) in [5, 5.41) is 1.94.